The Morgan fingerprint density at radius 3 is 2.41 bits per heavy atom. The number of hydrogen-bond donors (Lipinski definition) is 0. The molecule has 0 spiro atoms. The SMILES string of the molecule is [2H]C([2H])([2H])c1cnc(-c2ccc3oc4ncc(-c5c(C)cc(C)nc5C)cc4c3c2)cc1CC(C)(C)C. The molecule has 0 amide bonds. The Labute approximate surface area is 205 Å². The van der Waals surface area contributed by atoms with E-state index in [-0.39, 0.29) is 5.41 Å². The maximum absolute atomic E-state index is 7.98. The molecule has 0 saturated heterocycles. The Morgan fingerprint density at radius 1 is 0.882 bits per heavy atom. The second kappa shape index (κ2) is 8.05. The predicted octanol–water partition coefficient (Wildman–Crippen LogP) is 7.93. The first-order valence-electron chi connectivity index (χ1n) is 13.1. The van der Waals surface area contributed by atoms with E-state index in [9.17, 15) is 0 Å². The van der Waals surface area contributed by atoms with Crippen molar-refractivity contribution in [2.45, 2.75) is 54.8 Å². The third-order valence-electron chi connectivity index (χ3n) is 6.15. The molecule has 1 aromatic carbocycles. The van der Waals surface area contributed by atoms with Crippen LogP contribution in [-0.2, 0) is 6.42 Å². The van der Waals surface area contributed by atoms with E-state index in [1.54, 1.807) is 0 Å². The van der Waals surface area contributed by atoms with E-state index in [0.29, 0.717) is 17.7 Å². The lowest BCUT2D eigenvalue weighted by Gasteiger charge is -2.20. The van der Waals surface area contributed by atoms with Gasteiger partial charge in [-0.15, -0.1) is 0 Å². The lowest BCUT2D eigenvalue weighted by atomic mass is 9.86. The largest absolute Gasteiger partial charge is 0.438 e. The lowest BCUT2D eigenvalue weighted by molar-refractivity contribution is 0.410. The standard InChI is InChI=1S/C30H31N3O/c1-17-10-19(3)33-20(4)28(17)23-12-25-24-11-21(8-9-27(24)34-29(25)32-16-23)26-13-22(14-30(5,6)7)18(2)15-31-26/h8-13,15-16H,14H2,1-7H3/i2D3. The van der Waals surface area contributed by atoms with Crippen LogP contribution in [0.1, 0.15) is 53.0 Å². The Kier molecular flexibility index (Phi) is 4.46. The summed E-state index contributed by atoms with van der Waals surface area (Å²) in [6.07, 6.45) is 3.99. The third kappa shape index (κ3) is 4.09. The molecule has 0 bridgehead atoms. The van der Waals surface area contributed by atoms with Gasteiger partial charge >= 0.3 is 0 Å². The summed E-state index contributed by atoms with van der Waals surface area (Å²) in [4.78, 5) is 13.8. The number of rotatable bonds is 3. The number of benzene rings is 1. The van der Waals surface area contributed by atoms with E-state index >= 15 is 0 Å². The van der Waals surface area contributed by atoms with Crippen molar-refractivity contribution < 1.29 is 8.53 Å². The molecule has 5 aromatic rings. The maximum atomic E-state index is 7.98. The highest BCUT2D eigenvalue weighted by Gasteiger charge is 2.16. The Morgan fingerprint density at radius 2 is 1.68 bits per heavy atom. The zero-order chi connectivity index (χ0) is 26.7. The number of pyridine rings is 3. The molecule has 0 saturated carbocycles. The molecule has 0 atom stereocenters. The van der Waals surface area contributed by atoms with Gasteiger partial charge in [-0.1, -0.05) is 20.8 Å². The Hall–Kier alpha value is -3.53. The topological polar surface area (TPSA) is 51.8 Å². The molecule has 0 aliphatic carbocycles. The second-order valence-corrected chi connectivity index (χ2v) is 10.4. The molecule has 4 heteroatoms. The molecule has 0 N–H and O–H groups in total. The molecule has 172 valence electrons. The smallest absolute Gasteiger partial charge is 0.227 e. The normalized spacial score (nSPS) is 13.8. The first-order valence-corrected chi connectivity index (χ1v) is 11.6. The van der Waals surface area contributed by atoms with Gasteiger partial charge in [0.05, 0.1) is 5.69 Å². The van der Waals surface area contributed by atoms with Crippen LogP contribution in [0.25, 0.3) is 44.5 Å². The Bertz CT molecular complexity index is 1640. The van der Waals surface area contributed by atoms with Gasteiger partial charge in [0.25, 0.3) is 0 Å². The molecule has 4 aromatic heterocycles. The number of hydrogen-bond acceptors (Lipinski definition) is 4. The number of fused-ring (bicyclic) bond motifs is 3. The quantitative estimate of drug-likeness (QED) is 0.279. The van der Waals surface area contributed by atoms with Gasteiger partial charge in [0.15, 0.2) is 0 Å². The van der Waals surface area contributed by atoms with Gasteiger partial charge in [0, 0.05) is 55.4 Å². The molecular weight excluding hydrogens is 418 g/mol. The molecule has 0 aliphatic heterocycles. The fourth-order valence-corrected chi connectivity index (χ4v) is 4.79. The van der Waals surface area contributed by atoms with Crippen LogP contribution >= 0.6 is 0 Å². The van der Waals surface area contributed by atoms with Gasteiger partial charge in [-0.2, -0.15) is 0 Å². The summed E-state index contributed by atoms with van der Waals surface area (Å²) in [5.74, 6) is 0. The van der Waals surface area contributed by atoms with Crippen molar-refractivity contribution in [2.75, 3.05) is 0 Å². The van der Waals surface area contributed by atoms with Crippen molar-refractivity contribution in [1.29, 1.82) is 0 Å². The molecule has 0 fully saturated rings. The van der Waals surface area contributed by atoms with Crippen molar-refractivity contribution in [3.05, 3.63) is 76.9 Å². The monoisotopic (exact) mass is 452 g/mol. The maximum Gasteiger partial charge on any atom is 0.227 e. The molecule has 34 heavy (non-hydrogen) atoms. The minimum absolute atomic E-state index is 0.0630. The molecule has 4 nitrogen and oxygen atoms in total. The molecular formula is C30H31N3O. The average molecular weight is 453 g/mol. The summed E-state index contributed by atoms with van der Waals surface area (Å²) < 4.78 is 30.0. The van der Waals surface area contributed by atoms with Gasteiger partial charge in [0.1, 0.15) is 5.58 Å². The third-order valence-corrected chi connectivity index (χ3v) is 6.15. The van der Waals surface area contributed by atoms with Crippen LogP contribution in [0.3, 0.4) is 0 Å². The van der Waals surface area contributed by atoms with Crippen LogP contribution in [-0.4, -0.2) is 15.0 Å². The van der Waals surface area contributed by atoms with E-state index in [0.717, 1.165) is 61.3 Å². The summed E-state index contributed by atoms with van der Waals surface area (Å²) >= 11 is 0. The second-order valence-electron chi connectivity index (χ2n) is 10.4. The van der Waals surface area contributed by atoms with Crippen LogP contribution in [0.15, 0.2) is 53.2 Å². The van der Waals surface area contributed by atoms with E-state index in [2.05, 4.69) is 60.8 Å². The fourth-order valence-electron chi connectivity index (χ4n) is 4.79. The van der Waals surface area contributed by atoms with E-state index in [1.807, 2.05) is 38.2 Å². The van der Waals surface area contributed by atoms with Gasteiger partial charge in [0.2, 0.25) is 5.71 Å². The summed E-state index contributed by atoms with van der Waals surface area (Å²) in [5.41, 5.74) is 9.21. The van der Waals surface area contributed by atoms with Crippen LogP contribution in [0, 0.1) is 33.0 Å². The molecule has 0 unspecified atom stereocenters. The first kappa shape index (κ1) is 18.8. The van der Waals surface area contributed by atoms with Crippen molar-refractivity contribution in [1.82, 2.24) is 15.0 Å². The van der Waals surface area contributed by atoms with E-state index in [1.165, 1.54) is 6.20 Å². The van der Waals surface area contributed by atoms with Gasteiger partial charge in [-0.3, -0.25) is 9.97 Å². The summed E-state index contributed by atoms with van der Waals surface area (Å²) in [5, 5.41) is 1.86. The van der Waals surface area contributed by atoms with Crippen molar-refractivity contribution in [3.63, 3.8) is 0 Å². The minimum Gasteiger partial charge on any atom is -0.438 e. The van der Waals surface area contributed by atoms with Crippen LogP contribution in [0.2, 0.25) is 0 Å². The fraction of sp³-hybridized carbons (Fsp3) is 0.300. The number of aryl methyl sites for hydroxylation is 4. The highest BCUT2D eigenvalue weighted by molar-refractivity contribution is 6.06. The number of aromatic nitrogens is 3. The van der Waals surface area contributed by atoms with Crippen molar-refractivity contribution >= 4 is 22.1 Å². The molecule has 0 aliphatic rings. The van der Waals surface area contributed by atoms with Gasteiger partial charge in [-0.05, 0) is 92.5 Å². The Balaban J connectivity index is 1.65. The van der Waals surface area contributed by atoms with Gasteiger partial charge in [-0.25, -0.2) is 4.98 Å². The summed E-state index contributed by atoms with van der Waals surface area (Å²) in [6.45, 7) is 10.2. The summed E-state index contributed by atoms with van der Waals surface area (Å²) in [7, 11) is 0. The van der Waals surface area contributed by atoms with Crippen LogP contribution in [0.4, 0.5) is 0 Å². The van der Waals surface area contributed by atoms with E-state index < -0.39 is 6.85 Å². The van der Waals surface area contributed by atoms with Crippen molar-refractivity contribution in [2.24, 2.45) is 5.41 Å². The molecule has 0 radical (unpaired) electrons. The van der Waals surface area contributed by atoms with Crippen molar-refractivity contribution in [3.8, 4) is 22.4 Å². The predicted molar refractivity (Wildman–Crippen MR) is 140 cm³/mol. The van der Waals surface area contributed by atoms with Crippen LogP contribution in [0.5, 0.6) is 0 Å². The highest BCUT2D eigenvalue weighted by atomic mass is 16.3. The van der Waals surface area contributed by atoms with Gasteiger partial charge < -0.3 is 4.42 Å². The van der Waals surface area contributed by atoms with E-state index in [4.69, 9.17) is 8.53 Å². The average Bonchev–Trinajstić information content (AvgIpc) is 3.14. The minimum atomic E-state index is -2.21. The highest BCUT2D eigenvalue weighted by Crippen LogP contribution is 2.35. The first-order chi connectivity index (χ1) is 17.3. The summed E-state index contributed by atoms with van der Waals surface area (Å²) in [6, 6.07) is 12.1. The number of furan rings is 1. The number of nitrogens with zero attached hydrogens (tertiary/aromatic N) is 3. The molecule has 4 heterocycles. The molecule has 5 rings (SSSR count). The zero-order valence-electron chi connectivity index (χ0n) is 23.6. The zero-order valence-corrected chi connectivity index (χ0v) is 20.6. The van der Waals surface area contributed by atoms with Crippen LogP contribution < -0.4 is 0 Å². The lowest BCUT2D eigenvalue weighted by Crippen LogP contribution is -2.10.